The molecule has 5 atom stereocenters. The third kappa shape index (κ3) is 4.01. The summed E-state index contributed by atoms with van der Waals surface area (Å²) in [6, 6.07) is 6.14. The van der Waals surface area contributed by atoms with E-state index in [0.29, 0.717) is 5.69 Å². The fraction of sp³-hybridized carbons (Fsp3) is 0.467. The first-order valence-corrected chi connectivity index (χ1v) is 7.15. The molecule has 2 rings (SSSR count). The SMILES string of the molecule is COC(=O)[C@@H]1O[C@@H](Oc2ccc(NC(C)=O)cc2)[C@@H](O)[C@@H](O)[C@@H]1O. The van der Waals surface area contributed by atoms with Crippen LogP contribution in [0.25, 0.3) is 0 Å². The third-order valence-electron chi connectivity index (χ3n) is 3.43. The number of hydrogen-bond acceptors (Lipinski definition) is 8. The Morgan fingerprint density at radius 3 is 2.25 bits per heavy atom. The van der Waals surface area contributed by atoms with Crippen LogP contribution in [0.2, 0.25) is 0 Å². The minimum atomic E-state index is -1.65. The lowest BCUT2D eigenvalue weighted by Crippen LogP contribution is -2.61. The van der Waals surface area contributed by atoms with E-state index in [-0.39, 0.29) is 11.7 Å². The Labute approximate surface area is 137 Å². The smallest absolute Gasteiger partial charge is 0.337 e. The first kappa shape index (κ1) is 18.1. The zero-order valence-corrected chi connectivity index (χ0v) is 13.1. The lowest BCUT2D eigenvalue weighted by Gasteiger charge is -2.38. The van der Waals surface area contributed by atoms with Crippen LogP contribution >= 0.6 is 0 Å². The first-order valence-electron chi connectivity index (χ1n) is 7.15. The monoisotopic (exact) mass is 341 g/mol. The fourth-order valence-electron chi connectivity index (χ4n) is 2.21. The molecule has 24 heavy (non-hydrogen) atoms. The van der Waals surface area contributed by atoms with Gasteiger partial charge in [0.05, 0.1) is 7.11 Å². The summed E-state index contributed by atoms with van der Waals surface area (Å²) < 4.78 is 15.1. The summed E-state index contributed by atoms with van der Waals surface area (Å²) in [5.74, 6) is -0.865. The number of methoxy groups -OCH3 is 1. The highest BCUT2D eigenvalue weighted by Gasteiger charge is 2.48. The van der Waals surface area contributed by atoms with Crippen LogP contribution in [0, 0.1) is 0 Å². The van der Waals surface area contributed by atoms with Crippen molar-refractivity contribution in [3.05, 3.63) is 24.3 Å². The van der Waals surface area contributed by atoms with Crippen LogP contribution < -0.4 is 10.1 Å². The predicted octanol–water partition coefficient (Wildman–Crippen LogP) is -0.996. The Balaban J connectivity index is 2.09. The number of amides is 1. The van der Waals surface area contributed by atoms with Gasteiger partial charge in [-0.25, -0.2) is 4.79 Å². The summed E-state index contributed by atoms with van der Waals surface area (Å²) in [4.78, 5) is 22.5. The molecule has 0 radical (unpaired) electrons. The van der Waals surface area contributed by atoms with E-state index in [2.05, 4.69) is 10.1 Å². The summed E-state index contributed by atoms with van der Waals surface area (Å²) in [6.45, 7) is 1.37. The molecule has 1 aliphatic rings. The van der Waals surface area contributed by atoms with Crippen molar-refractivity contribution >= 4 is 17.6 Å². The lowest BCUT2D eigenvalue weighted by atomic mass is 9.99. The molecule has 4 N–H and O–H groups in total. The Hall–Kier alpha value is -2.20. The molecule has 9 nitrogen and oxygen atoms in total. The second-order valence-corrected chi connectivity index (χ2v) is 5.24. The van der Waals surface area contributed by atoms with Crippen molar-refractivity contribution < 1.29 is 39.1 Å². The van der Waals surface area contributed by atoms with Crippen molar-refractivity contribution in [1.82, 2.24) is 0 Å². The number of rotatable bonds is 4. The second-order valence-electron chi connectivity index (χ2n) is 5.24. The van der Waals surface area contributed by atoms with E-state index in [9.17, 15) is 24.9 Å². The van der Waals surface area contributed by atoms with Gasteiger partial charge in [0.15, 0.2) is 6.10 Å². The molecule has 1 heterocycles. The van der Waals surface area contributed by atoms with Gasteiger partial charge in [-0.15, -0.1) is 0 Å². The summed E-state index contributed by atoms with van der Waals surface area (Å²) in [5.41, 5.74) is 0.544. The molecule has 0 aliphatic carbocycles. The van der Waals surface area contributed by atoms with E-state index in [1.54, 1.807) is 12.1 Å². The number of benzene rings is 1. The van der Waals surface area contributed by atoms with Gasteiger partial charge in [0.2, 0.25) is 12.2 Å². The van der Waals surface area contributed by atoms with Gasteiger partial charge < -0.3 is 34.8 Å². The van der Waals surface area contributed by atoms with Gasteiger partial charge in [-0.3, -0.25) is 4.79 Å². The second kappa shape index (κ2) is 7.58. The quantitative estimate of drug-likeness (QED) is 0.513. The summed E-state index contributed by atoms with van der Waals surface area (Å²) in [6.07, 6.45) is -7.74. The molecule has 1 amide bonds. The van der Waals surface area contributed by atoms with Gasteiger partial charge in [0.25, 0.3) is 0 Å². The highest BCUT2D eigenvalue weighted by atomic mass is 16.7. The molecule has 0 aromatic heterocycles. The maximum Gasteiger partial charge on any atom is 0.337 e. The molecular formula is C15H19NO8. The van der Waals surface area contributed by atoms with Crippen LogP contribution in [-0.4, -0.2) is 65.0 Å². The molecule has 132 valence electrons. The van der Waals surface area contributed by atoms with Crippen LogP contribution in [0.1, 0.15) is 6.92 Å². The largest absolute Gasteiger partial charge is 0.467 e. The van der Waals surface area contributed by atoms with Crippen molar-refractivity contribution in [3.8, 4) is 5.75 Å². The molecule has 1 aliphatic heterocycles. The molecule has 0 unspecified atom stereocenters. The van der Waals surface area contributed by atoms with Gasteiger partial charge in [-0.2, -0.15) is 0 Å². The maximum atomic E-state index is 11.6. The molecule has 1 aromatic rings. The van der Waals surface area contributed by atoms with Crippen LogP contribution in [0.4, 0.5) is 5.69 Å². The maximum absolute atomic E-state index is 11.6. The van der Waals surface area contributed by atoms with E-state index in [1.807, 2.05) is 0 Å². The average Bonchev–Trinajstić information content (AvgIpc) is 2.56. The zero-order chi connectivity index (χ0) is 17.9. The Bertz CT molecular complexity index is 590. The van der Waals surface area contributed by atoms with Gasteiger partial charge in [0.1, 0.15) is 24.1 Å². The van der Waals surface area contributed by atoms with Gasteiger partial charge in [-0.1, -0.05) is 0 Å². The normalized spacial score (nSPS) is 29.6. The Morgan fingerprint density at radius 2 is 1.71 bits per heavy atom. The lowest BCUT2D eigenvalue weighted by molar-refractivity contribution is -0.271. The number of nitrogens with one attached hydrogen (secondary N) is 1. The number of aliphatic hydroxyl groups is 3. The molecule has 1 aromatic carbocycles. The summed E-state index contributed by atoms with van der Waals surface area (Å²) >= 11 is 0. The van der Waals surface area contributed by atoms with Crippen molar-refractivity contribution in [2.24, 2.45) is 0 Å². The average molecular weight is 341 g/mol. The van der Waals surface area contributed by atoms with E-state index in [1.165, 1.54) is 19.1 Å². The Kier molecular flexibility index (Phi) is 5.73. The first-order chi connectivity index (χ1) is 11.3. The van der Waals surface area contributed by atoms with Gasteiger partial charge in [0, 0.05) is 12.6 Å². The van der Waals surface area contributed by atoms with E-state index < -0.39 is 36.7 Å². The van der Waals surface area contributed by atoms with E-state index in [0.717, 1.165) is 7.11 Å². The molecule has 9 heteroatoms. The van der Waals surface area contributed by atoms with Crippen LogP contribution in [0.5, 0.6) is 5.75 Å². The molecule has 1 saturated heterocycles. The summed E-state index contributed by atoms with van der Waals surface area (Å²) in [5, 5.41) is 32.1. The highest BCUT2D eigenvalue weighted by molar-refractivity contribution is 5.88. The Morgan fingerprint density at radius 1 is 1.08 bits per heavy atom. The van der Waals surface area contributed by atoms with Crippen molar-refractivity contribution in [3.63, 3.8) is 0 Å². The highest BCUT2D eigenvalue weighted by Crippen LogP contribution is 2.25. The van der Waals surface area contributed by atoms with Gasteiger partial charge in [-0.05, 0) is 24.3 Å². The number of aliphatic hydroxyl groups excluding tert-OH is 3. The third-order valence-corrected chi connectivity index (χ3v) is 3.43. The van der Waals surface area contributed by atoms with Crippen molar-refractivity contribution in [2.45, 2.75) is 37.6 Å². The molecule has 0 bridgehead atoms. The van der Waals surface area contributed by atoms with Crippen LogP contribution in [0.3, 0.4) is 0 Å². The molecule has 0 saturated carbocycles. The van der Waals surface area contributed by atoms with Crippen molar-refractivity contribution in [1.29, 1.82) is 0 Å². The number of carbonyl (C=O) groups is 2. The molecule has 0 spiro atoms. The van der Waals surface area contributed by atoms with Crippen LogP contribution in [0.15, 0.2) is 24.3 Å². The number of ether oxygens (including phenoxy) is 3. The molecule has 1 fully saturated rings. The standard InChI is InChI=1S/C15H19NO8/c1-7(17)16-8-3-5-9(6-4-8)23-15-12(20)10(18)11(19)13(24-15)14(21)22-2/h3-6,10-13,15,18-20H,1-2H3,(H,16,17)/t10-,11-,12-,13+,15+/m0/s1. The summed E-state index contributed by atoms with van der Waals surface area (Å²) in [7, 11) is 1.10. The minimum Gasteiger partial charge on any atom is -0.467 e. The topological polar surface area (TPSA) is 135 Å². The number of carbonyl (C=O) groups excluding carboxylic acids is 2. The molecular weight excluding hydrogens is 322 g/mol. The number of hydrogen-bond donors (Lipinski definition) is 4. The van der Waals surface area contributed by atoms with Crippen molar-refractivity contribution in [2.75, 3.05) is 12.4 Å². The number of esters is 1. The predicted molar refractivity (Wildman–Crippen MR) is 80.1 cm³/mol. The fourth-order valence-corrected chi connectivity index (χ4v) is 2.21. The van der Waals surface area contributed by atoms with Crippen LogP contribution in [-0.2, 0) is 19.1 Å². The number of anilines is 1. The zero-order valence-electron chi connectivity index (χ0n) is 13.1. The van der Waals surface area contributed by atoms with E-state index >= 15 is 0 Å². The minimum absolute atomic E-state index is 0.229. The van der Waals surface area contributed by atoms with Gasteiger partial charge >= 0.3 is 5.97 Å². The van der Waals surface area contributed by atoms with E-state index in [4.69, 9.17) is 9.47 Å².